The van der Waals surface area contributed by atoms with Crippen LogP contribution in [-0.4, -0.2) is 67.9 Å². The number of tetrazole rings is 1. The fourth-order valence-corrected chi connectivity index (χ4v) is 1.95. The average molecular weight is 291 g/mol. The van der Waals surface area contributed by atoms with Crippen LogP contribution in [0.4, 0.5) is 11.9 Å². The number of morpholine rings is 1. The Morgan fingerprint density at radius 2 is 1.95 bits per heavy atom. The predicted molar refractivity (Wildman–Crippen MR) is 74.8 cm³/mol. The van der Waals surface area contributed by atoms with E-state index >= 15 is 0 Å². The summed E-state index contributed by atoms with van der Waals surface area (Å²) >= 11 is 0. The third kappa shape index (κ3) is 3.21. The lowest BCUT2D eigenvalue weighted by Crippen LogP contribution is -2.37. The molecule has 0 aliphatic carbocycles. The molecule has 0 radical (unpaired) electrons. The molecule has 21 heavy (non-hydrogen) atoms. The van der Waals surface area contributed by atoms with Gasteiger partial charge in [0.25, 0.3) is 0 Å². The average Bonchev–Trinajstić information content (AvgIpc) is 3.01. The molecule has 10 nitrogen and oxygen atoms in total. The van der Waals surface area contributed by atoms with Crippen molar-refractivity contribution >= 4 is 11.9 Å². The molecule has 2 aromatic rings. The number of anilines is 2. The highest BCUT2D eigenvalue weighted by molar-refractivity contribution is 5.49. The van der Waals surface area contributed by atoms with Crippen molar-refractivity contribution in [3.8, 4) is 11.6 Å². The quantitative estimate of drug-likeness (QED) is 0.783. The molecule has 0 unspecified atom stereocenters. The van der Waals surface area contributed by atoms with Crippen LogP contribution in [0.3, 0.4) is 0 Å². The van der Waals surface area contributed by atoms with E-state index in [-0.39, 0.29) is 6.04 Å². The second-order valence-corrected chi connectivity index (χ2v) is 4.92. The zero-order chi connectivity index (χ0) is 14.7. The van der Waals surface area contributed by atoms with Crippen LogP contribution in [0.2, 0.25) is 0 Å². The molecule has 0 spiro atoms. The van der Waals surface area contributed by atoms with Crippen molar-refractivity contribution in [2.75, 3.05) is 36.5 Å². The van der Waals surface area contributed by atoms with Gasteiger partial charge in [0.1, 0.15) is 0 Å². The van der Waals surface area contributed by atoms with Gasteiger partial charge in [-0.25, -0.2) is 0 Å². The monoisotopic (exact) mass is 291 g/mol. The molecular weight excluding hydrogens is 274 g/mol. The fraction of sp³-hybridized carbons (Fsp3) is 0.636. The molecule has 1 saturated heterocycles. The Labute approximate surface area is 121 Å². The van der Waals surface area contributed by atoms with Gasteiger partial charge in [0, 0.05) is 19.1 Å². The van der Waals surface area contributed by atoms with Crippen molar-refractivity contribution in [2.24, 2.45) is 0 Å². The summed E-state index contributed by atoms with van der Waals surface area (Å²) in [4.78, 5) is 15.3. The molecule has 3 rings (SSSR count). The molecule has 1 aliphatic heterocycles. The third-order valence-electron chi connectivity index (χ3n) is 2.88. The molecule has 0 aromatic carbocycles. The van der Waals surface area contributed by atoms with Crippen LogP contribution < -0.4 is 10.2 Å². The van der Waals surface area contributed by atoms with E-state index in [2.05, 4.69) is 45.8 Å². The molecule has 1 aliphatic rings. The number of nitrogens with one attached hydrogen (secondary N) is 2. The predicted octanol–water partition coefficient (Wildman–Crippen LogP) is -0.291. The molecule has 0 bridgehead atoms. The van der Waals surface area contributed by atoms with Crippen molar-refractivity contribution in [3.05, 3.63) is 0 Å². The molecule has 1 fully saturated rings. The Morgan fingerprint density at radius 3 is 2.62 bits per heavy atom. The van der Waals surface area contributed by atoms with E-state index in [4.69, 9.17) is 4.74 Å². The maximum absolute atomic E-state index is 5.35. The van der Waals surface area contributed by atoms with Gasteiger partial charge in [-0.15, -0.1) is 10.2 Å². The summed E-state index contributed by atoms with van der Waals surface area (Å²) in [7, 11) is 0. The molecule has 3 heterocycles. The van der Waals surface area contributed by atoms with E-state index < -0.39 is 0 Å². The minimum atomic E-state index is 0.211. The zero-order valence-electron chi connectivity index (χ0n) is 11.9. The Balaban J connectivity index is 1.96. The van der Waals surface area contributed by atoms with Crippen molar-refractivity contribution in [1.29, 1.82) is 0 Å². The summed E-state index contributed by atoms with van der Waals surface area (Å²) in [5.74, 6) is 1.83. The number of nitrogens with zero attached hydrogens (tertiary/aromatic N) is 7. The van der Waals surface area contributed by atoms with E-state index in [1.54, 1.807) is 0 Å². The van der Waals surface area contributed by atoms with Gasteiger partial charge in [-0.05, 0) is 19.1 Å². The number of H-pyrrole nitrogens is 1. The number of aromatic amines is 1. The summed E-state index contributed by atoms with van der Waals surface area (Å²) < 4.78 is 5.35. The van der Waals surface area contributed by atoms with Crippen molar-refractivity contribution in [2.45, 2.75) is 19.9 Å². The molecule has 2 aromatic heterocycles. The molecule has 10 heteroatoms. The largest absolute Gasteiger partial charge is 0.378 e. The standard InChI is InChI=1S/C11H17N9O/c1-7(2)12-10-13-8(9-16-18-19-17-9)14-11(15-10)20-3-5-21-6-4-20/h7H,3-6H2,1-2H3,(H,12,13,14,15)(H,16,17,18,19). The normalized spacial score (nSPS) is 15.5. The first kappa shape index (κ1) is 13.6. The number of ether oxygens (including phenoxy) is 1. The highest BCUT2D eigenvalue weighted by Crippen LogP contribution is 2.17. The smallest absolute Gasteiger partial charge is 0.242 e. The van der Waals surface area contributed by atoms with E-state index in [1.807, 2.05) is 13.8 Å². The van der Waals surface area contributed by atoms with Gasteiger partial charge in [-0.3, -0.25) is 0 Å². The number of hydrogen-bond acceptors (Lipinski definition) is 9. The Kier molecular flexibility index (Phi) is 3.86. The van der Waals surface area contributed by atoms with E-state index in [0.29, 0.717) is 36.8 Å². The topological polar surface area (TPSA) is 118 Å². The minimum Gasteiger partial charge on any atom is -0.378 e. The fourth-order valence-electron chi connectivity index (χ4n) is 1.95. The van der Waals surface area contributed by atoms with Crippen LogP contribution in [0.15, 0.2) is 0 Å². The van der Waals surface area contributed by atoms with Gasteiger partial charge in [-0.2, -0.15) is 20.2 Å². The van der Waals surface area contributed by atoms with Crippen LogP contribution in [-0.2, 0) is 4.74 Å². The number of hydrogen-bond donors (Lipinski definition) is 2. The maximum Gasteiger partial charge on any atom is 0.242 e. The summed E-state index contributed by atoms with van der Waals surface area (Å²) in [6.07, 6.45) is 0. The van der Waals surface area contributed by atoms with Crippen molar-refractivity contribution in [1.82, 2.24) is 35.6 Å². The highest BCUT2D eigenvalue weighted by Gasteiger charge is 2.18. The molecule has 0 amide bonds. The van der Waals surface area contributed by atoms with E-state index in [9.17, 15) is 0 Å². The Hall–Kier alpha value is -2.36. The second-order valence-electron chi connectivity index (χ2n) is 4.92. The van der Waals surface area contributed by atoms with Crippen LogP contribution in [0.5, 0.6) is 0 Å². The van der Waals surface area contributed by atoms with Gasteiger partial charge < -0.3 is 15.0 Å². The summed E-state index contributed by atoms with van der Waals surface area (Å²) in [6.45, 7) is 6.86. The third-order valence-corrected chi connectivity index (χ3v) is 2.88. The van der Waals surface area contributed by atoms with Crippen LogP contribution >= 0.6 is 0 Å². The SMILES string of the molecule is CC(C)Nc1nc(-c2nn[nH]n2)nc(N2CCOCC2)n1. The zero-order valence-corrected chi connectivity index (χ0v) is 11.9. The lowest BCUT2D eigenvalue weighted by Gasteiger charge is -2.27. The summed E-state index contributed by atoms with van der Waals surface area (Å²) in [5.41, 5.74) is 0. The van der Waals surface area contributed by atoms with Gasteiger partial charge in [0.05, 0.1) is 13.2 Å². The van der Waals surface area contributed by atoms with Crippen molar-refractivity contribution < 1.29 is 4.74 Å². The first-order chi connectivity index (χ1) is 10.2. The summed E-state index contributed by atoms with van der Waals surface area (Å²) in [5, 5.41) is 17.0. The first-order valence-corrected chi connectivity index (χ1v) is 6.81. The van der Waals surface area contributed by atoms with Crippen LogP contribution in [0.1, 0.15) is 13.8 Å². The van der Waals surface area contributed by atoms with Crippen LogP contribution in [0, 0.1) is 0 Å². The maximum atomic E-state index is 5.35. The van der Waals surface area contributed by atoms with Gasteiger partial charge in [0.15, 0.2) is 0 Å². The first-order valence-electron chi connectivity index (χ1n) is 6.81. The van der Waals surface area contributed by atoms with E-state index in [0.717, 1.165) is 13.1 Å². The lowest BCUT2D eigenvalue weighted by molar-refractivity contribution is 0.122. The lowest BCUT2D eigenvalue weighted by atomic mass is 10.4. The molecule has 0 saturated carbocycles. The molecule has 0 atom stereocenters. The highest BCUT2D eigenvalue weighted by atomic mass is 16.5. The van der Waals surface area contributed by atoms with E-state index in [1.165, 1.54) is 0 Å². The van der Waals surface area contributed by atoms with Gasteiger partial charge in [-0.1, -0.05) is 0 Å². The number of rotatable bonds is 4. The Morgan fingerprint density at radius 1 is 1.14 bits per heavy atom. The van der Waals surface area contributed by atoms with Gasteiger partial charge in [0.2, 0.25) is 23.5 Å². The van der Waals surface area contributed by atoms with Crippen LogP contribution in [0.25, 0.3) is 11.6 Å². The summed E-state index contributed by atoms with van der Waals surface area (Å²) in [6, 6.07) is 0.211. The molecular formula is C11H17N9O. The molecule has 112 valence electrons. The van der Waals surface area contributed by atoms with Gasteiger partial charge >= 0.3 is 0 Å². The molecule has 2 N–H and O–H groups in total. The second kappa shape index (κ2) is 5.95. The minimum absolute atomic E-state index is 0.211. The number of aromatic nitrogens is 7. The Bertz CT molecular complexity index is 579. The van der Waals surface area contributed by atoms with Crippen molar-refractivity contribution in [3.63, 3.8) is 0 Å².